The third kappa shape index (κ3) is 5.38. The van der Waals surface area contributed by atoms with Gasteiger partial charge in [-0.1, -0.05) is 27.7 Å². The van der Waals surface area contributed by atoms with E-state index in [0.29, 0.717) is 17.8 Å². The Morgan fingerprint density at radius 3 is 2.67 bits per heavy atom. The van der Waals surface area contributed by atoms with E-state index in [1.54, 1.807) is 0 Å². The number of nitrogens with one attached hydrogen (secondary N) is 1. The van der Waals surface area contributed by atoms with Crippen molar-refractivity contribution in [1.82, 2.24) is 5.32 Å². The minimum absolute atomic E-state index is 0.0571. The van der Waals surface area contributed by atoms with E-state index in [4.69, 9.17) is 4.74 Å². The monoisotopic (exact) mass is 255 g/mol. The first-order valence-corrected chi connectivity index (χ1v) is 7.25. The van der Waals surface area contributed by atoms with Crippen molar-refractivity contribution in [3.8, 4) is 0 Å². The Morgan fingerprint density at radius 1 is 1.44 bits per heavy atom. The van der Waals surface area contributed by atoms with Gasteiger partial charge in [0.05, 0.1) is 6.42 Å². The van der Waals surface area contributed by atoms with Gasteiger partial charge in [-0.05, 0) is 44.1 Å². The van der Waals surface area contributed by atoms with Crippen molar-refractivity contribution >= 4 is 5.97 Å². The lowest BCUT2D eigenvalue weighted by Gasteiger charge is -2.38. The fourth-order valence-electron chi connectivity index (χ4n) is 3.25. The Labute approximate surface area is 112 Å². The molecule has 0 aromatic rings. The molecule has 0 amide bonds. The minimum atomic E-state index is -0.0571. The number of hydrogen-bond donors (Lipinski definition) is 1. The average Bonchev–Trinajstić information content (AvgIpc) is 2.12. The van der Waals surface area contributed by atoms with E-state index in [1.807, 2.05) is 13.8 Å². The molecule has 0 radical (unpaired) electrons. The van der Waals surface area contributed by atoms with E-state index in [1.165, 1.54) is 6.42 Å². The third-order valence-corrected chi connectivity index (χ3v) is 3.67. The molecule has 1 saturated carbocycles. The van der Waals surface area contributed by atoms with Crippen molar-refractivity contribution in [2.24, 2.45) is 11.3 Å². The van der Waals surface area contributed by atoms with Crippen LogP contribution in [0.2, 0.25) is 0 Å². The lowest BCUT2D eigenvalue weighted by molar-refractivity contribution is -0.153. The van der Waals surface area contributed by atoms with Crippen LogP contribution in [-0.2, 0) is 9.53 Å². The second-order valence-electron chi connectivity index (χ2n) is 6.69. The molecule has 3 nitrogen and oxygen atoms in total. The first-order chi connectivity index (χ1) is 8.32. The lowest BCUT2D eigenvalue weighted by atomic mass is 9.71. The zero-order chi connectivity index (χ0) is 13.8. The molecule has 0 aliphatic heterocycles. The van der Waals surface area contributed by atoms with Crippen LogP contribution >= 0.6 is 0 Å². The summed E-state index contributed by atoms with van der Waals surface area (Å²) in [4.78, 5) is 11.9. The van der Waals surface area contributed by atoms with Gasteiger partial charge >= 0.3 is 5.97 Å². The van der Waals surface area contributed by atoms with Gasteiger partial charge in [0.25, 0.3) is 0 Å². The summed E-state index contributed by atoms with van der Waals surface area (Å²) in [6.07, 6.45) is 3.84. The number of rotatable bonds is 5. The van der Waals surface area contributed by atoms with Crippen LogP contribution < -0.4 is 5.32 Å². The Bertz CT molecular complexity index is 276. The van der Waals surface area contributed by atoms with Crippen LogP contribution in [0, 0.1) is 11.3 Å². The number of esters is 1. The topological polar surface area (TPSA) is 38.3 Å². The Balaban J connectivity index is 2.39. The molecular formula is C15H29NO2. The van der Waals surface area contributed by atoms with E-state index in [9.17, 15) is 4.79 Å². The smallest absolute Gasteiger partial charge is 0.307 e. The fraction of sp³-hybridized carbons (Fsp3) is 0.933. The van der Waals surface area contributed by atoms with Gasteiger partial charge in [-0.3, -0.25) is 4.79 Å². The zero-order valence-electron chi connectivity index (χ0n) is 12.6. The van der Waals surface area contributed by atoms with E-state index >= 15 is 0 Å². The van der Waals surface area contributed by atoms with Crippen LogP contribution in [0.1, 0.15) is 60.3 Å². The Kier molecular flexibility index (Phi) is 5.64. The molecule has 1 aliphatic carbocycles. The van der Waals surface area contributed by atoms with Gasteiger partial charge in [-0.15, -0.1) is 0 Å². The van der Waals surface area contributed by atoms with Gasteiger partial charge in [0.1, 0.15) is 6.10 Å². The molecule has 1 aliphatic rings. The number of hydrogen-bond acceptors (Lipinski definition) is 3. The summed E-state index contributed by atoms with van der Waals surface area (Å²) in [6, 6.07) is 0.205. The summed E-state index contributed by atoms with van der Waals surface area (Å²) in [7, 11) is 0. The number of carbonyl (C=O) groups excluding carboxylic acids is 1. The summed E-state index contributed by atoms with van der Waals surface area (Å²) >= 11 is 0. The quantitative estimate of drug-likeness (QED) is 0.767. The molecule has 18 heavy (non-hydrogen) atoms. The van der Waals surface area contributed by atoms with Crippen molar-refractivity contribution in [2.45, 2.75) is 72.4 Å². The van der Waals surface area contributed by atoms with Crippen LogP contribution in [0.25, 0.3) is 0 Å². The molecule has 0 spiro atoms. The number of ether oxygens (including phenoxy) is 1. The maximum Gasteiger partial charge on any atom is 0.307 e. The predicted molar refractivity (Wildman–Crippen MR) is 74.4 cm³/mol. The molecule has 1 N–H and O–H groups in total. The second kappa shape index (κ2) is 6.55. The van der Waals surface area contributed by atoms with Gasteiger partial charge < -0.3 is 10.1 Å². The molecule has 1 rings (SSSR count). The standard InChI is InChI=1S/C15H29NO2/c1-6-16-12(3)8-14(17)18-13-7-11(2)9-15(4,5)10-13/h11-13,16H,6-10H2,1-5H3. The largest absolute Gasteiger partial charge is 0.462 e. The maximum atomic E-state index is 11.9. The molecule has 3 atom stereocenters. The highest BCUT2D eigenvalue weighted by atomic mass is 16.5. The Hall–Kier alpha value is -0.570. The van der Waals surface area contributed by atoms with Crippen molar-refractivity contribution in [1.29, 1.82) is 0 Å². The van der Waals surface area contributed by atoms with Crippen molar-refractivity contribution < 1.29 is 9.53 Å². The fourth-order valence-corrected chi connectivity index (χ4v) is 3.25. The van der Waals surface area contributed by atoms with Gasteiger partial charge in [-0.25, -0.2) is 0 Å². The summed E-state index contributed by atoms with van der Waals surface area (Å²) in [5.74, 6) is 0.594. The van der Waals surface area contributed by atoms with Gasteiger partial charge in [0.2, 0.25) is 0 Å². The summed E-state index contributed by atoms with van der Waals surface area (Å²) in [5, 5.41) is 3.24. The van der Waals surface area contributed by atoms with Crippen molar-refractivity contribution in [2.75, 3.05) is 6.54 Å². The second-order valence-corrected chi connectivity index (χ2v) is 6.69. The molecule has 0 heterocycles. The Morgan fingerprint density at radius 2 is 2.11 bits per heavy atom. The zero-order valence-corrected chi connectivity index (χ0v) is 12.6. The van der Waals surface area contributed by atoms with Crippen LogP contribution in [0.4, 0.5) is 0 Å². The number of carbonyl (C=O) groups is 1. The molecule has 1 fully saturated rings. The first-order valence-electron chi connectivity index (χ1n) is 7.25. The van der Waals surface area contributed by atoms with Crippen LogP contribution in [0.15, 0.2) is 0 Å². The maximum absolute atomic E-state index is 11.9. The van der Waals surface area contributed by atoms with E-state index < -0.39 is 0 Å². The SMILES string of the molecule is CCNC(C)CC(=O)OC1CC(C)CC(C)(C)C1. The molecule has 0 saturated heterocycles. The molecule has 0 bridgehead atoms. The van der Waals surface area contributed by atoms with Crippen LogP contribution in [-0.4, -0.2) is 24.7 Å². The van der Waals surface area contributed by atoms with Gasteiger partial charge in [-0.2, -0.15) is 0 Å². The molecule has 106 valence electrons. The molecule has 0 aromatic heterocycles. The van der Waals surface area contributed by atoms with E-state index in [2.05, 4.69) is 26.1 Å². The average molecular weight is 255 g/mol. The highest BCUT2D eigenvalue weighted by molar-refractivity contribution is 5.70. The lowest BCUT2D eigenvalue weighted by Crippen LogP contribution is -2.35. The summed E-state index contributed by atoms with van der Waals surface area (Å²) in [5.41, 5.74) is 0.301. The summed E-state index contributed by atoms with van der Waals surface area (Å²) < 4.78 is 5.64. The van der Waals surface area contributed by atoms with Crippen LogP contribution in [0.5, 0.6) is 0 Å². The predicted octanol–water partition coefficient (Wildman–Crippen LogP) is 3.13. The molecule has 3 unspecified atom stereocenters. The normalized spacial score (nSPS) is 28.7. The molecule has 0 aromatic carbocycles. The van der Waals surface area contributed by atoms with Crippen molar-refractivity contribution in [3.05, 3.63) is 0 Å². The van der Waals surface area contributed by atoms with E-state index in [-0.39, 0.29) is 18.1 Å². The summed E-state index contributed by atoms with van der Waals surface area (Å²) in [6.45, 7) is 11.8. The third-order valence-electron chi connectivity index (χ3n) is 3.67. The molecular weight excluding hydrogens is 226 g/mol. The molecule has 3 heteroatoms. The van der Waals surface area contributed by atoms with Gasteiger partial charge in [0.15, 0.2) is 0 Å². The highest BCUT2D eigenvalue weighted by Crippen LogP contribution is 2.39. The van der Waals surface area contributed by atoms with E-state index in [0.717, 1.165) is 19.4 Å². The minimum Gasteiger partial charge on any atom is -0.462 e. The first kappa shape index (κ1) is 15.5. The van der Waals surface area contributed by atoms with Gasteiger partial charge in [0, 0.05) is 6.04 Å². The van der Waals surface area contributed by atoms with Crippen molar-refractivity contribution in [3.63, 3.8) is 0 Å². The van der Waals surface area contributed by atoms with Crippen LogP contribution in [0.3, 0.4) is 0 Å². The highest BCUT2D eigenvalue weighted by Gasteiger charge is 2.34.